The van der Waals surface area contributed by atoms with Crippen molar-refractivity contribution >= 4 is 5.82 Å². The third-order valence-corrected chi connectivity index (χ3v) is 4.55. The highest BCUT2D eigenvalue weighted by atomic mass is 16.5. The molecule has 144 valence electrons. The number of rotatable bonds is 5. The number of nitrogens with zero attached hydrogens (tertiary/aromatic N) is 4. The molecule has 0 unspecified atom stereocenters. The summed E-state index contributed by atoms with van der Waals surface area (Å²) in [5.41, 5.74) is 5.25. The van der Waals surface area contributed by atoms with Crippen LogP contribution in [0.1, 0.15) is 5.69 Å². The lowest BCUT2D eigenvalue weighted by atomic mass is 10.0. The Morgan fingerprint density at radius 1 is 0.828 bits per heavy atom. The lowest BCUT2D eigenvalue weighted by Gasteiger charge is -2.11. The summed E-state index contributed by atoms with van der Waals surface area (Å²) < 4.78 is 5.50. The van der Waals surface area contributed by atoms with Crippen molar-refractivity contribution in [3.05, 3.63) is 72.7 Å². The Morgan fingerprint density at radius 2 is 1.66 bits per heavy atom. The van der Waals surface area contributed by atoms with E-state index in [0.29, 0.717) is 5.82 Å². The summed E-state index contributed by atoms with van der Waals surface area (Å²) >= 11 is 0. The van der Waals surface area contributed by atoms with Gasteiger partial charge in [0, 0.05) is 47.9 Å². The van der Waals surface area contributed by atoms with Crippen molar-refractivity contribution in [1.82, 2.24) is 19.9 Å². The van der Waals surface area contributed by atoms with Gasteiger partial charge >= 0.3 is 0 Å². The van der Waals surface area contributed by atoms with E-state index in [4.69, 9.17) is 9.72 Å². The zero-order valence-electron chi connectivity index (χ0n) is 16.5. The molecule has 3 aromatic heterocycles. The molecule has 0 spiro atoms. The predicted octanol–water partition coefficient (Wildman–Crippen LogP) is 4.63. The fourth-order valence-corrected chi connectivity index (χ4v) is 3.12. The van der Waals surface area contributed by atoms with Gasteiger partial charge in [0.25, 0.3) is 0 Å². The van der Waals surface area contributed by atoms with Crippen LogP contribution in [-0.2, 0) is 0 Å². The third kappa shape index (κ3) is 3.91. The minimum absolute atomic E-state index is 0.568. The molecule has 4 rings (SSSR count). The Balaban J connectivity index is 1.82. The van der Waals surface area contributed by atoms with Crippen LogP contribution in [0, 0.1) is 6.92 Å². The highest BCUT2D eigenvalue weighted by Gasteiger charge is 2.12. The van der Waals surface area contributed by atoms with Gasteiger partial charge in [0.15, 0.2) is 5.82 Å². The zero-order valence-corrected chi connectivity index (χ0v) is 16.5. The van der Waals surface area contributed by atoms with Crippen LogP contribution in [0.2, 0.25) is 0 Å². The third-order valence-electron chi connectivity index (χ3n) is 4.55. The Morgan fingerprint density at radius 3 is 2.45 bits per heavy atom. The van der Waals surface area contributed by atoms with Crippen LogP contribution in [0.25, 0.3) is 33.9 Å². The van der Waals surface area contributed by atoms with Crippen LogP contribution in [0.15, 0.2) is 67.0 Å². The lowest BCUT2D eigenvalue weighted by molar-refractivity contribution is 0.416. The molecule has 0 saturated carbocycles. The van der Waals surface area contributed by atoms with Crippen molar-refractivity contribution in [2.75, 3.05) is 19.5 Å². The van der Waals surface area contributed by atoms with Gasteiger partial charge in [-0.25, -0.2) is 15.0 Å². The Labute approximate surface area is 169 Å². The number of aromatic nitrogens is 4. The van der Waals surface area contributed by atoms with Crippen molar-refractivity contribution in [1.29, 1.82) is 0 Å². The highest BCUT2D eigenvalue weighted by molar-refractivity contribution is 5.75. The quantitative estimate of drug-likeness (QED) is 0.542. The van der Waals surface area contributed by atoms with Crippen LogP contribution < -0.4 is 10.1 Å². The normalized spacial score (nSPS) is 10.6. The van der Waals surface area contributed by atoms with Gasteiger partial charge in [-0.1, -0.05) is 24.3 Å². The first kappa shape index (κ1) is 18.6. The Bertz CT molecular complexity index is 1160. The average molecular weight is 383 g/mol. The summed E-state index contributed by atoms with van der Waals surface area (Å²) in [5, 5.41) is 3.11. The van der Waals surface area contributed by atoms with Crippen LogP contribution in [0.3, 0.4) is 0 Å². The summed E-state index contributed by atoms with van der Waals surface area (Å²) in [4.78, 5) is 18.3. The van der Waals surface area contributed by atoms with E-state index in [0.717, 1.165) is 45.3 Å². The van der Waals surface area contributed by atoms with Gasteiger partial charge in [-0.3, -0.25) is 4.98 Å². The first-order valence-electron chi connectivity index (χ1n) is 9.27. The van der Waals surface area contributed by atoms with Crippen LogP contribution in [0.5, 0.6) is 5.75 Å². The van der Waals surface area contributed by atoms with Gasteiger partial charge in [-0.05, 0) is 31.2 Å². The molecule has 0 radical (unpaired) electrons. The first-order valence-corrected chi connectivity index (χ1v) is 9.27. The molecule has 29 heavy (non-hydrogen) atoms. The molecule has 6 heteroatoms. The Kier molecular flexibility index (Phi) is 5.16. The second-order valence-electron chi connectivity index (χ2n) is 6.54. The molecular weight excluding hydrogens is 362 g/mol. The lowest BCUT2D eigenvalue weighted by Crippen LogP contribution is -2.00. The van der Waals surface area contributed by atoms with Gasteiger partial charge in [0.05, 0.1) is 12.8 Å². The molecule has 0 atom stereocenters. The molecule has 0 fully saturated rings. The number of ether oxygens (including phenoxy) is 1. The van der Waals surface area contributed by atoms with E-state index >= 15 is 0 Å². The number of hydrogen-bond donors (Lipinski definition) is 1. The molecule has 4 aromatic rings. The van der Waals surface area contributed by atoms with E-state index in [2.05, 4.69) is 26.3 Å². The SMILES string of the molecule is CNc1cc(-c2cncc(-c3ccccc3OC)c2)nc(-c2cccc(C)n2)n1. The molecule has 1 aromatic carbocycles. The van der Waals surface area contributed by atoms with Gasteiger partial charge in [0.1, 0.15) is 17.3 Å². The van der Waals surface area contributed by atoms with Crippen molar-refractivity contribution in [2.24, 2.45) is 0 Å². The van der Waals surface area contributed by atoms with Crippen LogP contribution >= 0.6 is 0 Å². The van der Waals surface area contributed by atoms with E-state index in [-0.39, 0.29) is 0 Å². The average Bonchev–Trinajstić information content (AvgIpc) is 2.78. The number of methoxy groups -OCH3 is 1. The topological polar surface area (TPSA) is 72.8 Å². The zero-order chi connectivity index (χ0) is 20.2. The van der Waals surface area contributed by atoms with Crippen molar-refractivity contribution in [2.45, 2.75) is 6.92 Å². The van der Waals surface area contributed by atoms with E-state index in [1.165, 1.54) is 0 Å². The Hall–Kier alpha value is -3.80. The molecule has 6 nitrogen and oxygen atoms in total. The maximum Gasteiger partial charge on any atom is 0.180 e. The van der Waals surface area contributed by atoms with Crippen LogP contribution in [0.4, 0.5) is 5.82 Å². The summed E-state index contributed by atoms with van der Waals surface area (Å²) in [6.07, 6.45) is 3.62. The molecule has 0 amide bonds. The van der Waals surface area contributed by atoms with E-state index in [9.17, 15) is 0 Å². The van der Waals surface area contributed by atoms with E-state index in [1.807, 2.05) is 68.7 Å². The fourth-order valence-electron chi connectivity index (χ4n) is 3.12. The summed E-state index contributed by atoms with van der Waals surface area (Å²) in [6, 6.07) is 17.7. The van der Waals surface area contributed by atoms with Crippen molar-refractivity contribution < 1.29 is 4.74 Å². The molecule has 0 aliphatic heterocycles. The number of para-hydroxylation sites is 1. The molecule has 0 saturated heterocycles. The number of aryl methyl sites for hydroxylation is 1. The maximum atomic E-state index is 5.50. The van der Waals surface area contributed by atoms with Crippen molar-refractivity contribution in [3.8, 4) is 39.7 Å². The minimum atomic E-state index is 0.568. The largest absolute Gasteiger partial charge is 0.496 e. The summed E-state index contributed by atoms with van der Waals surface area (Å²) in [7, 11) is 3.50. The monoisotopic (exact) mass is 383 g/mol. The van der Waals surface area contributed by atoms with Gasteiger partial charge in [-0.2, -0.15) is 0 Å². The number of nitrogens with one attached hydrogen (secondary N) is 1. The standard InChI is InChI=1S/C23H21N5O/c1-15-7-6-9-19(26-15)23-27-20(12-22(24-2)28-23)17-11-16(13-25-14-17)18-8-4-5-10-21(18)29-3/h4-14H,1-3H3,(H,24,27,28). The smallest absolute Gasteiger partial charge is 0.180 e. The molecule has 0 bridgehead atoms. The molecule has 0 aliphatic carbocycles. The molecule has 0 aliphatic rings. The second kappa shape index (κ2) is 8.06. The molecule has 1 N–H and O–H groups in total. The second-order valence-corrected chi connectivity index (χ2v) is 6.54. The molecule has 3 heterocycles. The van der Waals surface area contributed by atoms with Crippen molar-refractivity contribution in [3.63, 3.8) is 0 Å². The number of hydrogen-bond acceptors (Lipinski definition) is 6. The summed E-state index contributed by atoms with van der Waals surface area (Å²) in [6.45, 7) is 1.95. The van der Waals surface area contributed by atoms with Gasteiger partial charge in [0.2, 0.25) is 0 Å². The van der Waals surface area contributed by atoms with E-state index < -0.39 is 0 Å². The minimum Gasteiger partial charge on any atom is -0.496 e. The maximum absolute atomic E-state index is 5.50. The van der Waals surface area contributed by atoms with Crippen LogP contribution in [-0.4, -0.2) is 34.1 Å². The first-order chi connectivity index (χ1) is 14.2. The summed E-state index contributed by atoms with van der Waals surface area (Å²) in [5.74, 6) is 2.09. The number of benzene rings is 1. The predicted molar refractivity (Wildman–Crippen MR) is 115 cm³/mol. The highest BCUT2D eigenvalue weighted by Crippen LogP contribution is 2.32. The van der Waals surface area contributed by atoms with Gasteiger partial charge in [-0.15, -0.1) is 0 Å². The number of pyridine rings is 2. The molecular formula is C23H21N5O. The van der Waals surface area contributed by atoms with E-state index in [1.54, 1.807) is 13.3 Å². The fraction of sp³-hybridized carbons (Fsp3) is 0.130. The number of anilines is 1. The van der Waals surface area contributed by atoms with Gasteiger partial charge < -0.3 is 10.1 Å².